The van der Waals surface area contributed by atoms with Crippen LogP contribution in [0.3, 0.4) is 0 Å². The minimum absolute atomic E-state index is 0.301. The van der Waals surface area contributed by atoms with E-state index in [1.54, 1.807) is 4.90 Å². The van der Waals surface area contributed by atoms with Gasteiger partial charge in [-0.2, -0.15) is 0 Å². The smallest absolute Gasteiger partial charge is 0.314 e. The average Bonchev–Trinajstić information content (AvgIpc) is 2.19. The van der Waals surface area contributed by atoms with Crippen LogP contribution in [0.5, 0.6) is 0 Å². The van der Waals surface area contributed by atoms with Crippen molar-refractivity contribution in [1.82, 2.24) is 10.2 Å². The summed E-state index contributed by atoms with van der Waals surface area (Å²) in [7, 11) is 0. The maximum Gasteiger partial charge on any atom is 0.314 e. The van der Waals surface area contributed by atoms with Crippen molar-refractivity contribution < 1.29 is 4.79 Å². The molecule has 0 aliphatic carbocycles. The monoisotopic (exact) mass is 200 g/mol. The molecular weight excluding hydrogens is 180 g/mol. The summed E-state index contributed by atoms with van der Waals surface area (Å²) in [5.74, 6) is 0. The molecule has 0 aromatic rings. The summed E-state index contributed by atoms with van der Waals surface area (Å²) in [6.45, 7) is 3.25. The molecule has 0 bridgehead atoms. The van der Waals surface area contributed by atoms with Gasteiger partial charge >= 0.3 is 6.03 Å². The second-order valence-corrected chi connectivity index (χ2v) is 3.70. The molecule has 1 aliphatic heterocycles. The van der Waals surface area contributed by atoms with Gasteiger partial charge in [-0.25, -0.2) is 4.79 Å². The van der Waals surface area contributed by atoms with Crippen LogP contribution < -0.4 is 16.8 Å². The highest BCUT2D eigenvalue weighted by molar-refractivity contribution is 5.72. The molecule has 0 saturated carbocycles. The molecule has 0 unspecified atom stereocenters. The van der Waals surface area contributed by atoms with Crippen molar-refractivity contribution in [2.24, 2.45) is 11.5 Å². The molecule has 0 aromatic heterocycles. The summed E-state index contributed by atoms with van der Waals surface area (Å²) in [5, 5.41) is 3.42. The molecule has 14 heavy (non-hydrogen) atoms. The van der Waals surface area contributed by atoms with Gasteiger partial charge in [0.25, 0.3) is 0 Å². The number of nitrogens with two attached hydrogens (primary N) is 2. The largest absolute Gasteiger partial charge is 0.351 e. The van der Waals surface area contributed by atoms with Gasteiger partial charge in [-0.15, -0.1) is 0 Å². The molecule has 1 rings (SSSR count). The van der Waals surface area contributed by atoms with E-state index < -0.39 is 0 Å². The lowest BCUT2D eigenvalue weighted by Crippen LogP contribution is -2.47. The molecule has 1 heterocycles. The van der Waals surface area contributed by atoms with E-state index in [0.717, 1.165) is 45.4 Å². The first-order valence-electron chi connectivity index (χ1n) is 5.22. The summed E-state index contributed by atoms with van der Waals surface area (Å²) in [4.78, 5) is 12.5. The Labute approximate surface area is 84.8 Å². The molecule has 0 atom stereocenters. The Hall–Kier alpha value is -0.810. The number of urea groups is 1. The van der Waals surface area contributed by atoms with Crippen LogP contribution in [0.25, 0.3) is 0 Å². The Bertz CT molecular complexity index is 178. The molecule has 0 radical (unpaired) electrons. The Balaban J connectivity index is 2.12. The molecule has 5 nitrogen and oxygen atoms in total. The van der Waals surface area contributed by atoms with E-state index in [4.69, 9.17) is 11.5 Å². The fourth-order valence-corrected chi connectivity index (χ4v) is 1.71. The lowest BCUT2D eigenvalue weighted by molar-refractivity contribution is 0.185. The summed E-state index contributed by atoms with van der Waals surface area (Å²) in [6.07, 6.45) is 3.00. The van der Waals surface area contributed by atoms with Crippen molar-refractivity contribution in [1.29, 1.82) is 0 Å². The number of nitrogens with one attached hydrogen (secondary N) is 1. The molecule has 1 fully saturated rings. The van der Waals surface area contributed by atoms with Crippen LogP contribution in [0.2, 0.25) is 0 Å². The summed E-state index contributed by atoms with van der Waals surface area (Å²) in [5.41, 5.74) is 10.6. The lowest BCUT2D eigenvalue weighted by Gasteiger charge is -2.31. The number of nitrogens with zero attached hydrogens (tertiary/aromatic N) is 1. The van der Waals surface area contributed by atoms with Crippen LogP contribution in [0, 0.1) is 0 Å². The van der Waals surface area contributed by atoms with E-state index in [2.05, 4.69) is 5.32 Å². The number of hydrogen-bond donors (Lipinski definition) is 3. The summed E-state index contributed by atoms with van der Waals surface area (Å²) >= 11 is 0. The predicted molar refractivity (Wildman–Crippen MR) is 55.9 cm³/mol. The fourth-order valence-electron chi connectivity index (χ4n) is 1.71. The van der Waals surface area contributed by atoms with Gasteiger partial charge in [-0.05, 0) is 32.4 Å². The molecular formula is C9H20N4O. The van der Waals surface area contributed by atoms with E-state index >= 15 is 0 Å². The molecule has 5 heteroatoms. The Morgan fingerprint density at radius 1 is 1.43 bits per heavy atom. The number of carbonyl (C=O) groups excluding carboxylic acids is 1. The number of primary amides is 1. The molecule has 2 amide bonds. The quantitative estimate of drug-likeness (QED) is 0.533. The van der Waals surface area contributed by atoms with Crippen molar-refractivity contribution in [3.63, 3.8) is 0 Å². The van der Waals surface area contributed by atoms with Crippen molar-refractivity contribution >= 4 is 6.03 Å². The average molecular weight is 200 g/mol. The first-order valence-corrected chi connectivity index (χ1v) is 5.22. The van der Waals surface area contributed by atoms with Crippen LogP contribution in [0.4, 0.5) is 4.79 Å². The standard InChI is InChI=1S/C9H20N4O/c10-4-1-5-12-8-2-6-13(7-3-8)9(11)14/h8,12H,1-7,10H2,(H2,11,14). The van der Waals surface area contributed by atoms with Crippen LogP contribution >= 0.6 is 0 Å². The van der Waals surface area contributed by atoms with Gasteiger partial charge < -0.3 is 21.7 Å². The van der Waals surface area contributed by atoms with Crippen LogP contribution in [-0.2, 0) is 0 Å². The Morgan fingerprint density at radius 2 is 2.07 bits per heavy atom. The zero-order chi connectivity index (χ0) is 10.4. The number of piperidine rings is 1. The van der Waals surface area contributed by atoms with Crippen LogP contribution in [0.1, 0.15) is 19.3 Å². The van der Waals surface area contributed by atoms with Crippen molar-refractivity contribution in [3.8, 4) is 0 Å². The SMILES string of the molecule is NCCCNC1CCN(C(N)=O)CC1. The predicted octanol–water partition coefficient (Wildman–Crippen LogP) is -0.532. The number of carbonyl (C=O) groups is 1. The molecule has 5 N–H and O–H groups in total. The highest BCUT2D eigenvalue weighted by atomic mass is 16.2. The van der Waals surface area contributed by atoms with Crippen molar-refractivity contribution in [2.45, 2.75) is 25.3 Å². The first kappa shape index (κ1) is 11.3. The van der Waals surface area contributed by atoms with E-state index in [9.17, 15) is 4.79 Å². The number of rotatable bonds is 4. The second kappa shape index (κ2) is 5.82. The number of hydrogen-bond acceptors (Lipinski definition) is 3. The van der Waals surface area contributed by atoms with Gasteiger partial charge in [-0.1, -0.05) is 0 Å². The van der Waals surface area contributed by atoms with Crippen molar-refractivity contribution in [3.05, 3.63) is 0 Å². The van der Waals surface area contributed by atoms with Gasteiger partial charge in [-0.3, -0.25) is 0 Å². The zero-order valence-corrected chi connectivity index (χ0v) is 8.54. The van der Waals surface area contributed by atoms with Gasteiger partial charge in [0.1, 0.15) is 0 Å². The third-order valence-corrected chi connectivity index (χ3v) is 2.62. The van der Waals surface area contributed by atoms with Crippen molar-refractivity contribution in [2.75, 3.05) is 26.2 Å². The minimum Gasteiger partial charge on any atom is -0.351 e. The van der Waals surface area contributed by atoms with E-state index in [1.807, 2.05) is 0 Å². The lowest BCUT2D eigenvalue weighted by atomic mass is 10.1. The molecule has 1 aliphatic rings. The highest BCUT2D eigenvalue weighted by Crippen LogP contribution is 2.09. The normalized spacial score (nSPS) is 18.5. The van der Waals surface area contributed by atoms with Gasteiger partial charge in [0.15, 0.2) is 0 Å². The highest BCUT2D eigenvalue weighted by Gasteiger charge is 2.20. The Kier molecular flexibility index (Phi) is 4.69. The second-order valence-electron chi connectivity index (χ2n) is 3.70. The van der Waals surface area contributed by atoms with Gasteiger partial charge in [0.2, 0.25) is 0 Å². The van der Waals surface area contributed by atoms with Gasteiger partial charge in [0.05, 0.1) is 0 Å². The third kappa shape index (κ3) is 3.51. The van der Waals surface area contributed by atoms with Crippen LogP contribution in [-0.4, -0.2) is 43.2 Å². The minimum atomic E-state index is -0.301. The topological polar surface area (TPSA) is 84.4 Å². The number of likely N-dealkylation sites (tertiary alicyclic amines) is 1. The molecule has 0 spiro atoms. The van der Waals surface area contributed by atoms with E-state index in [-0.39, 0.29) is 6.03 Å². The summed E-state index contributed by atoms with van der Waals surface area (Å²) < 4.78 is 0. The third-order valence-electron chi connectivity index (χ3n) is 2.62. The maximum absolute atomic E-state index is 10.8. The number of amides is 2. The molecule has 1 saturated heterocycles. The Morgan fingerprint density at radius 3 is 2.57 bits per heavy atom. The fraction of sp³-hybridized carbons (Fsp3) is 0.889. The zero-order valence-electron chi connectivity index (χ0n) is 8.54. The van der Waals surface area contributed by atoms with E-state index in [1.165, 1.54) is 0 Å². The molecule has 82 valence electrons. The summed E-state index contributed by atoms with van der Waals surface area (Å²) in [6, 6.07) is 0.225. The van der Waals surface area contributed by atoms with Gasteiger partial charge in [0, 0.05) is 19.1 Å². The maximum atomic E-state index is 10.8. The van der Waals surface area contributed by atoms with E-state index in [0.29, 0.717) is 6.04 Å². The first-order chi connectivity index (χ1) is 6.74. The molecule has 0 aromatic carbocycles. The van der Waals surface area contributed by atoms with Crippen LogP contribution in [0.15, 0.2) is 0 Å².